The third-order valence-corrected chi connectivity index (χ3v) is 2.90. The molecule has 0 atom stereocenters. The van der Waals surface area contributed by atoms with Crippen LogP contribution in [0.1, 0.15) is 25.0 Å². The SMILES string of the molecule is CC(C)NCc1cccnc1Oc1ccccc1CO. The van der Waals surface area contributed by atoms with Crippen molar-refractivity contribution in [3.63, 3.8) is 0 Å². The molecule has 1 heterocycles. The Labute approximate surface area is 119 Å². The molecule has 0 saturated carbocycles. The van der Waals surface area contributed by atoms with Gasteiger partial charge in [0.05, 0.1) is 6.61 Å². The first-order valence-electron chi connectivity index (χ1n) is 6.74. The number of benzene rings is 1. The van der Waals surface area contributed by atoms with Crippen molar-refractivity contribution in [1.29, 1.82) is 0 Å². The first-order valence-corrected chi connectivity index (χ1v) is 6.74. The van der Waals surface area contributed by atoms with E-state index in [0.29, 0.717) is 24.2 Å². The van der Waals surface area contributed by atoms with Gasteiger partial charge in [0.15, 0.2) is 0 Å². The zero-order valence-corrected chi connectivity index (χ0v) is 11.8. The third-order valence-electron chi connectivity index (χ3n) is 2.90. The second-order valence-corrected chi connectivity index (χ2v) is 4.87. The highest BCUT2D eigenvalue weighted by Gasteiger charge is 2.09. The van der Waals surface area contributed by atoms with E-state index in [1.807, 2.05) is 36.4 Å². The van der Waals surface area contributed by atoms with Gasteiger partial charge in [0, 0.05) is 29.9 Å². The summed E-state index contributed by atoms with van der Waals surface area (Å²) >= 11 is 0. The predicted molar refractivity (Wildman–Crippen MR) is 78.7 cm³/mol. The van der Waals surface area contributed by atoms with Gasteiger partial charge >= 0.3 is 0 Å². The van der Waals surface area contributed by atoms with E-state index >= 15 is 0 Å². The Kier molecular flexibility index (Phi) is 5.09. The lowest BCUT2D eigenvalue weighted by atomic mass is 10.2. The quantitative estimate of drug-likeness (QED) is 0.849. The molecule has 0 fully saturated rings. The molecule has 2 rings (SSSR count). The van der Waals surface area contributed by atoms with E-state index in [1.54, 1.807) is 6.20 Å². The molecule has 0 aliphatic heterocycles. The number of para-hydroxylation sites is 1. The smallest absolute Gasteiger partial charge is 0.223 e. The van der Waals surface area contributed by atoms with Crippen molar-refractivity contribution < 1.29 is 9.84 Å². The molecule has 2 aromatic rings. The van der Waals surface area contributed by atoms with E-state index in [-0.39, 0.29) is 6.61 Å². The number of aliphatic hydroxyl groups excluding tert-OH is 1. The van der Waals surface area contributed by atoms with Crippen molar-refractivity contribution in [2.24, 2.45) is 0 Å². The number of aromatic nitrogens is 1. The summed E-state index contributed by atoms with van der Waals surface area (Å²) in [4.78, 5) is 4.28. The van der Waals surface area contributed by atoms with Crippen LogP contribution < -0.4 is 10.1 Å². The molecule has 4 heteroatoms. The molecule has 2 N–H and O–H groups in total. The Morgan fingerprint density at radius 2 is 1.90 bits per heavy atom. The van der Waals surface area contributed by atoms with Gasteiger partial charge in [0.25, 0.3) is 0 Å². The molecular formula is C16H20N2O2. The van der Waals surface area contributed by atoms with Gasteiger partial charge in [-0.05, 0) is 12.1 Å². The van der Waals surface area contributed by atoms with Crippen LogP contribution in [-0.2, 0) is 13.2 Å². The maximum Gasteiger partial charge on any atom is 0.223 e. The largest absolute Gasteiger partial charge is 0.438 e. The van der Waals surface area contributed by atoms with Crippen LogP contribution in [0.3, 0.4) is 0 Å². The molecule has 0 spiro atoms. The van der Waals surface area contributed by atoms with Crippen molar-refractivity contribution in [3.8, 4) is 11.6 Å². The number of pyridine rings is 1. The summed E-state index contributed by atoms with van der Waals surface area (Å²) in [5, 5.41) is 12.7. The number of nitrogens with one attached hydrogen (secondary N) is 1. The van der Waals surface area contributed by atoms with Crippen molar-refractivity contribution >= 4 is 0 Å². The highest BCUT2D eigenvalue weighted by molar-refractivity contribution is 5.37. The van der Waals surface area contributed by atoms with Crippen LogP contribution in [0.5, 0.6) is 11.6 Å². The fraction of sp³-hybridized carbons (Fsp3) is 0.312. The maximum atomic E-state index is 9.33. The minimum Gasteiger partial charge on any atom is -0.438 e. The van der Waals surface area contributed by atoms with Gasteiger partial charge in [-0.25, -0.2) is 4.98 Å². The fourth-order valence-electron chi connectivity index (χ4n) is 1.80. The van der Waals surface area contributed by atoms with Crippen molar-refractivity contribution in [1.82, 2.24) is 10.3 Å². The van der Waals surface area contributed by atoms with Gasteiger partial charge < -0.3 is 15.2 Å². The molecule has 0 unspecified atom stereocenters. The summed E-state index contributed by atoms with van der Waals surface area (Å²) < 4.78 is 5.85. The molecule has 0 aliphatic rings. The highest BCUT2D eigenvalue weighted by Crippen LogP contribution is 2.26. The number of hydrogen-bond acceptors (Lipinski definition) is 4. The number of nitrogens with zero attached hydrogens (tertiary/aromatic N) is 1. The summed E-state index contributed by atoms with van der Waals surface area (Å²) in [6.45, 7) is 4.83. The first-order chi connectivity index (χ1) is 9.70. The van der Waals surface area contributed by atoms with Crippen LogP contribution in [0.15, 0.2) is 42.6 Å². The average molecular weight is 272 g/mol. The van der Waals surface area contributed by atoms with E-state index in [1.165, 1.54) is 0 Å². The van der Waals surface area contributed by atoms with Crippen LogP contribution in [-0.4, -0.2) is 16.1 Å². The molecule has 0 bridgehead atoms. The van der Waals surface area contributed by atoms with Crippen molar-refractivity contribution in [2.45, 2.75) is 33.0 Å². The van der Waals surface area contributed by atoms with Gasteiger partial charge in [0.1, 0.15) is 5.75 Å². The molecule has 4 nitrogen and oxygen atoms in total. The van der Waals surface area contributed by atoms with E-state index < -0.39 is 0 Å². The number of hydrogen-bond donors (Lipinski definition) is 2. The standard InChI is InChI=1S/C16H20N2O2/c1-12(2)18-10-13-7-5-9-17-16(13)20-15-8-4-3-6-14(15)11-19/h3-9,12,18-19H,10-11H2,1-2H3. The van der Waals surface area contributed by atoms with Gasteiger partial charge in [-0.3, -0.25) is 0 Å². The molecule has 106 valence electrons. The summed E-state index contributed by atoms with van der Waals surface area (Å²) in [5.74, 6) is 1.21. The monoisotopic (exact) mass is 272 g/mol. The summed E-state index contributed by atoms with van der Waals surface area (Å²) in [6.07, 6.45) is 1.70. The van der Waals surface area contributed by atoms with E-state index in [4.69, 9.17) is 4.74 Å². The topological polar surface area (TPSA) is 54.4 Å². The zero-order chi connectivity index (χ0) is 14.4. The fourth-order valence-corrected chi connectivity index (χ4v) is 1.80. The zero-order valence-electron chi connectivity index (χ0n) is 11.8. The molecule has 20 heavy (non-hydrogen) atoms. The molecule has 0 aliphatic carbocycles. The minimum absolute atomic E-state index is 0.0530. The second kappa shape index (κ2) is 7.03. The highest BCUT2D eigenvalue weighted by atomic mass is 16.5. The summed E-state index contributed by atoms with van der Waals surface area (Å²) in [5.41, 5.74) is 1.75. The van der Waals surface area contributed by atoms with E-state index in [9.17, 15) is 5.11 Å². The lowest BCUT2D eigenvalue weighted by Gasteiger charge is -2.13. The van der Waals surface area contributed by atoms with Crippen molar-refractivity contribution in [2.75, 3.05) is 0 Å². The van der Waals surface area contributed by atoms with Crippen LogP contribution in [0.25, 0.3) is 0 Å². The lowest BCUT2D eigenvalue weighted by molar-refractivity contribution is 0.276. The Morgan fingerprint density at radius 1 is 1.15 bits per heavy atom. The van der Waals surface area contributed by atoms with Gasteiger partial charge in [-0.15, -0.1) is 0 Å². The minimum atomic E-state index is -0.0530. The normalized spacial score (nSPS) is 10.8. The molecule has 1 aromatic heterocycles. The van der Waals surface area contributed by atoms with Gasteiger partial charge in [0.2, 0.25) is 5.88 Å². The molecule has 0 radical (unpaired) electrons. The number of rotatable bonds is 6. The Bertz CT molecular complexity index is 556. The molecule has 0 saturated heterocycles. The van der Waals surface area contributed by atoms with E-state index in [0.717, 1.165) is 11.1 Å². The Morgan fingerprint density at radius 3 is 2.65 bits per heavy atom. The number of ether oxygens (including phenoxy) is 1. The third kappa shape index (κ3) is 3.79. The van der Waals surface area contributed by atoms with Crippen LogP contribution in [0.2, 0.25) is 0 Å². The van der Waals surface area contributed by atoms with Crippen LogP contribution in [0, 0.1) is 0 Å². The number of aliphatic hydroxyl groups is 1. The Balaban J connectivity index is 2.20. The van der Waals surface area contributed by atoms with Crippen molar-refractivity contribution in [3.05, 3.63) is 53.7 Å². The van der Waals surface area contributed by atoms with E-state index in [2.05, 4.69) is 24.1 Å². The molecule has 1 aromatic carbocycles. The molecular weight excluding hydrogens is 252 g/mol. The average Bonchev–Trinajstić information content (AvgIpc) is 2.47. The molecule has 0 amide bonds. The van der Waals surface area contributed by atoms with Gasteiger partial charge in [-0.2, -0.15) is 0 Å². The Hall–Kier alpha value is -1.91. The van der Waals surface area contributed by atoms with Crippen LogP contribution in [0.4, 0.5) is 0 Å². The maximum absolute atomic E-state index is 9.33. The second-order valence-electron chi connectivity index (χ2n) is 4.87. The summed E-state index contributed by atoms with van der Waals surface area (Å²) in [6, 6.07) is 11.7. The lowest BCUT2D eigenvalue weighted by Crippen LogP contribution is -2.22. The van der Waals surface area contributed by atoms with Crippen LogP contribution >= 0.6 is 0 Å². The summed E-state index contributed by atoms with van der Waals surface area (Å²) in [7, 11) is 0. The van der Waals surface area contributed by atoms with Gasteiger partial charge in [-0.1, -0.05) is 38.1 Å². The predicted octanol–water partition coefficient (Wildman–Crippen LogP) is 2.86. The first kappa shape index (κ1) is 14.5.